The number of ether oxygens (including phenoxy) is 1. The molecular weight excluding hydrogens is 341 g/mol. The molecule has 8 heteroatoms. The fourth-order valence-electron chi connectivity index (χ4n) is 1.22. The molecule has 0 amide bonds. The normalized spacial score (nSPS) is 13.7. The lowest BCUT2D eigenvalue weighted by molar-refractivity contribution is -0.174. The van der Waals surface area contributed by atoms with E-state index < -0.39 is 31.2 Å². The van der Waals surface area contributed by atoms with E-state index in [-0.39, 0.29) is 10.6 Å². The molecule has 18 heavy (non-hydrogen) atoms. The van der Waals surface area contributed by atoms with Crippen molar-refractivity contribution in [3.05, 3.63) is 33.0 Å². The monoisotopic (exact) mass is 349 g/mol. The Bertz CT molecular complexity index is 427. The van der Waals surface area contributed by atoms with Crippen molar-refractivity contribution in [2.24, 2.45) is 5.73 Å². The van der Waals surface area contributed by atoms with Gasteiger partial charge in [0.05, 0.1) is 17.7 Å². The van der Waals surface area contributed by atoms with E-state index in [4.69, 9.17) is 17.3 Å². The summed E-state index contributed by atoms with van der Waals surface area (Å²) in [4.78, 5) is 0. The minimum Gasteiger partial charge on any atom is -0.370 e. The molecule has 0 heterocycles. The van der Waals surface area contributed by atoms with Gasteiger partial charge in [-0.15, -0.1) is 0 Å². The molecule has 0 radical (unpaired) electrons. The smallest absolute Gasteiger partial charge is 0.370 e. The van der Waals surface area contributed by atoms with Crippen LogP contribution in [0.25, 0.3) is 0 Å². The molecule has 0 aliphatic heterocycles. The average molecular weight is 351 g/mol. The van der Waals surface area contributed by atoms with Gasteiger partial charge < -0.3 is 10.5 Å². The lowest BCUT2D eigenvalue weighted by Gasteiger charge is -2.15. The lowest BCUT2D eigenvalue weighted by atomic mass is 10.1. The minimum atomic E-state index is -4.43. The Labute approximate surface area is 114 Å². The predicted molar refractivity (Wildman–Crippen MR) is 62.9 cm³/mol. The van der Waals surface area contributed by atoms with Crippen molar-refractivity contribution < 1.29 is 22.3 Å². The topological polar surface area (TPSA) is 35.2 Å². The number of benzene rings is 1. The zero-order valence-electron chi connectivity index (χ0n) is 8.90. The van der Waals surface area contributed by atoms with Gasteiger partial charge in [0.1, 0.15) is 12.4 Å². The third kappa shape index (κ3) is 4.38. The van der Waals surface area contributed by atoms with Crippen LogP contribution in [0.4, 0.5) is 17.6 Å². The predicted octanol–water partition coefficient (Wildman–Crippen LogP) is 3.82. The minimum absolute atomic E-state index is 0.00498. The molecule has 0 saturated carbocycles. The maximum absolute atomic E-state index is 13.7. The van der Waals surface area contributed by atoms with E-state index in [0.717, 1.165) is 0 Å². The molecule has 2 N–H and O–H groups in total. The molecule has 0 aromatic heterocycles. The molecule has 0 aliphatic rings. The van der Waals surface area contributed by atoms with E-state index in [0.29, 0.717) is 4.47 Å². The Balaban J connectivity index is 2.68. The van der Waals surface area contributed by atoms with Crippen molar-refractivity contribution >= 4 is 27.5 Å². The Morgan fingerprint density at radius 3 is 2.56 bits per heavy atom. The highest BCUT2D eigenvalue weighted by atomic mass is 79.9. The average Bonchev–Trinajstić information content (AvgIpc) is 2.24. The van der Waals surface area contributed by atoms with Gasteiger partial charge in [0.15, 0.2) is 0 Å². The molecule has 2 nitrogen and oxygen atoms in total. The van der Waals surface area contributed by atoms with Crippen LogP contribution in [-0.2, 0) is 4.74 Å². The van der Waals surface area contributed by atoms with E-state index in [9.17, 15) is 17.6 Å². The molecule has 0 fully saturated rings. The Morgan fingerprint density at radius 2 is 2.00 bits per heavy atom. The van der Waals surface area contributed by atoms with Crippen molar-refractivity contribution in [2.75, 3.05) is 13.2 Å². The molecule has 0 bridgehead atoms. The van der Waals surface area contributed by atoms with E-state index in [2.05, 4.69) is 20.7 Å². The molecule has 0 saturated heterocycles. The largest absolute Gasteiger partial charge is 0.411 e. The molecule has 0 spiro atoms. The van der Waals surface area contributed by atoms with Gasteiger partial charge in [-0.1, -0.05) is 17.7 Å². The van der Waals surface area contributed by atoms with E-state index in [1.807, 2.05) is 0 Å². The molecule has 1 unspecified atom stereocenters. The van der Waals surface area contributed by atoms with Crippen LogP contribution in [-0.4, -0.2) is 19.4 Å². The highest BCUT2D eigenvalue weighted by Gasteiger charge is 2.28. The van der Waals surface area contributed by atoms with Crippen LogP contribution in [0.3, 0.4) is 0 Å². The van der Waals surface area contributed by atoms with Gasteiger partial charge in [-0.05, 0) is 22.0 Å². The van der Waals surface area contributed by atoms with Crippen LogP contribution in [0.5, 0.6) is 0 Å². The summed E-state index contributed by atoms with van der Waals surface area (Å²) in [6.45, 7) is -1.87. The Hall–Kier alpha value is -0.370. The van der Waals surface area contributed by atoms with Crippen molar-refractivity contribution in [1.82, 2.24) is 0 Å². The summed E-state index contributed by atoms with van der Waals surface area (Å²) in [6, 6.07) is 1.79. The second-order valence-corrected chi connectivity index (χ2v) is 4.73. The Kier molecular flexibility index (Phi) is 5.39. The third-order valence-electron chi connectivity index (χ3n) is 2.03. The van der Waals surface area contributed by atoms with Crippen LogP contribution >= 0.6 is 27.5 Å². The fraction of sp³-hybridized carbons (Fsp3) is 0.400. The van der Waals surface area contributed by atoms with Crippen molar-refractivity contribution in [3.8, 4) is 0 Å². The van der Waals surface area contributed by atoms with Gasteiger partial charge in [0, 0.05) is 10.0 Å². The van der Waals surface area contributed by atoms with E-state index in [1.165, 1.54) is 12.1 Å². The second kappa shape index (κ2) is 6.18. The molecule has 0 aliphatic carbocycles. The molecule has 102 valence electrons. The first-order valence-electron chi connectivity index (χ1n) is 4.76. The van der Waals surface area contributed by atoms with Crippen LogP contribution in [0, 0.1) is 5.82 Å². The number of rotatable bonds is 4. The first-order chi connectivity index (χ1) is 8.22. The number of hydrogen-bond acceptors (Lipinski definition) is 2. The molecule has 1 aromatic rings. The maximum Gasteiger partial charge on any atom is 0.411 e. The van der Waals surface area contributed by atoms with Gasteiger partial charge in [0.25, 0.3) is 0 Å². The number of nitrogens with two attached hydrogens (primary N) is 1. The number of halogens is 6. The summed E-state index contributed by atoms with van der Waals surface area (Å²) in [5, 5.41) is -0.168. The molecule has 1 atom stereocenters. The summed E-state index contributed by atoms with van der Waals surface area (Å²) < 4.78 is 53.9. The zero-order chi connectivity index (χ0) is 13.9. The quantitative estimate of drug-likeness (QED) is 0.662. The maximum atomic E-state index is 13.7. The second-order valence-electron chi connectivity index (χ2n) is 3.50. The molecule has 1 rings (SSSR count). The highest BCUT2D eigenvalue weighted by Crippen LogP contribution is 2.30. The molecular formula is C10H9BrClF4NO. The van der Waals surface area contributed by atoms with Gasteiger partial charge >= 0.3 is 6.18 Å². The van der Waals surface area contributed by atoms with Crippen molar-refractivity contribution in [1.29, 1.82) is 0 Å². The van der Waals surface area contributed by atoms with Crippen LogP contribution in [0.1, 0.15) is 11.6 Å². The summed E-state index contributed by atoms with van der Waals surface area (Å²) in [5.41, 5.74) is 5.54. The van der Waals surface area contributed by atoms with Crippen LogP contribution < -0.4 is 5.73 Å². The first kappa shape index (κ1) is 15.7. The third-order valence-corrected chi connectivity index (χ3v) is 3.29. The van der Waals surface area contributed by atoms with Gasteiger partial charge in [-0.2, -0.15) is 13.2 Å². The SMILES string of the molecule is NC(COCC(F)(F)F)c1ccc(Br)c(Cl)c1F. The van der Waals surface area contributed by atoms with Gasteiger partial charge in [-0.25, -0.2) is 4.39 Å². The summed E-state index contributed by atoms with van der Waals surface area (Å²) >= 11 is 8.65. The summed E-state index contributed by atoms with van der Waals surface area (Å²) in [5.74, 6) is -0.769. The number of alkyl halides is 3. The highest BCUT2D eigenvalue weighted by molar-refractivity contribution is 9.10. The standard InChI is InChI=1S/C10H9BrClF4NO/c11-6-2-1-5(9(13)8(6)12)7(17)3-18-4-10(14,15)16/h1-2,7H,3-4,17H2. The van der Waals surface area contributed by atoms with Crippen LogP contribution in [0.2, 0.25) is 5.02 Å². The van der Waals surface area contributed by atoms with E-state index >= 15 is 0 Å². The fourth-order valence-corrected chi connectivity index (χ4v) is 1.70. The van der Waals surface area contributed by atoms with E-state index in [1.54, 1.807) is 0 Å². The summed E-state index contributed by atoms with van der Waals surface area (Å²) in [7, 11) is 0. The van der Waals surface area contributed by atoms with Gasteiger partial charge in [-0.3, -0.25) is 0 Å². The van der Waals surface area contributed by atoms with Crippen molar-refractivity contribution in [3.63, 3.8) is 0 Å². The number of hydrogen-bond donors (Lipinski definition) is 1. The van der Waals surface area contributed by atoms with Crippen molar-refractivity contribution in [2.45, 2.75) is 12.2 Å². The zero-order valence-corrected chi connectivity index (χ0v) is 11.2. The summed E-state index contributed by atoms with van der Waals surface area (Å²) in [6.07, 6.45) is -4.43. The molecule has 1 aromatic carbocycles. The van der Waals surface area contributed by atoms with Gasteiger partial charge in [0.2, 0.25) is 0 Å². The first-order valence-corrected chi connectivity index (χ1v) is 5.93. The van der Waals surface area contributed by atoms with Crippen LogP contribution in [0.15, 0.2) is 16.6 Å². The Morgan fingerprint density at radius 1 is 1.39 bits per heavy atom. The lowest BCUT2D eigenvalue weighted by Crippen LogP contribution is -2.24.